The molecule has 0 bridgehead atoms. The van der Waals surface area contributed by atoms with Gasteiger partial charge in [0.2, 0.25) is 0 Å². The lowest BCUT2D eigenvalue weighted by Gasteiger charge is -2.14. The van der Waals surface area contributed by atoms with Gasteiger partial charge in [-0.3, -0.25) is 0 Å². The van der Waals surface area contributed by atoms with Gasteiger partial charge in [-0.2, -0.15) is 5.26 Å². The Hall–Kier alpha value is -2.34. The highest BCUT2D eigenvalue weighted by atomic mass is 19.1. The second-order valence-electron chi connectivity index (χ2n) is 4.50. The molecule has 0 amide bonds. The standard InChI is InChI=1S/C16H14FNO/c1-11(2)19-16-7-6-12(10-18)8-15(16)13-4-3-5-14(17)9-13/h3-9,11H,1-2H3. The van der Waals surface area contributed by atoms with Crippen LogP contribution in [0.25, 0.3) is 11.1 Å². The molecule has 0 radical (unpaired) electrons. The van der Waals surface area contributed by atoms with Gasteiger partial charge in [0.15, 0.2) is 0 Å². The van der Waals surface area contributed by atoms with Crippen molar-refractivity contribution < 1.29 is 9.13 Å². The molecule has 0 aromatic heterocycles. The van der Waals surface area contributed by atoms with Gasteiger partial charge in [-0.05, 0) is 49.7 Å². The zero-order valence-corrected chi connectivity index (χ0v) is 10.9. The average Bonchev–Trinajstić information content (AvgIpc) is 2.38. The maximum Gasteiger partial charge on any atom is 0.127 e. The van der Waals surface area contributed by atoms with Gasteiger partial charge in [-0.1, -0.05) is 12.1 Å². The lowest BCUT2D eigenvalue weighted by atomic mass is 10.0. The maximum atomic E-state index is 13.3. The van der Waals surface area contributed by atoms with Crippen LogP contribution in [-0.2, 0) is 0 Å². The molecule has 3 heteroatoms. The third-order valence-electron chi connectivity index (χ3n) is 2.61. The van der Waals surface area contributed by atoms with E-state index in [-0.39, 0.29) is 11.9 Å². The molecule has 0 atom stereocenters. The minimum atomic E-state index is -0.310. The monoisotopic (exact) mass is 255 g/mol. The quantitative estimate of drug-likeness (QED) is 0.825. The van der Waals surface area contributed by atoms with E-state index < -0.39 is 0 Å². The molecule has 2 aromatic carbocycles. The van der Waals surface area contributed by atoms with E-state index in [0.29, 0.717) is 16.9 Å². The van der Waals surface area contributed by atoms with Crippen LogP contribution in [0.2, 0.25) is 0 Å². The summed E-state index contributed by atoms with van der Waals surface area (Å²) in [5.74, 6) is 0.343. The first-order chi connectivity index (χ1) is 9.10. The predicted octanol–water partition coefficient (Wildman–Crippen LogP) is 4.15. The summed E-state index contributed by atoms with van der Waals surface area (Å²) in [6.07, 6.45) is 0.0141. The van der Waals surface area contributed by atoms with Crippen LogP contribution >= 0.6 is 0 Å². The topological polar surface area (TPSA) is 33.0 Å². The van der Waals surface area contributed by atoms with Crippen molar-refractivity contribution in [2.75, 3.05) is 0 Å². The minimum absolute atomic E-state index is 0.0141. The summed E-state index contributed by atoms with van der Waals surface area (Å²) < 4.78 is 19.0. The Morgan fingerprint density at radius 3 is 2.58 bits per heavy atom. The molecular formula is C16H14FNO. The summed E-state index contributed by atoms with van der Waals surface area (Å²) in [7, 11) is 0. The molecule has 19 heavy (non-hydrogen) atoms. The molecule has 96 valence electrons. The summed E-state index contributed by atoms with van der Waals surface area (Å²) in [4.78, 5) is 0. The van der Waals surface area contributed by atoms with Crippen LogP contribution in [0.1, 0.15) is 19.4 Å². The van der Waals surface area contributed by atoms with Gasteiger partial charge in [0, 0.05) is 5.56 Å². The van der Waals surface area contributed by atoms with Crippen molar-refractivity contribution in [3.8, 4) is 22.9 Å². The Morgan fingerprint density at radius 2 is 1.95 bits per heavy atom. The normalized spacial score (nSPS) is 10.3. The summed E-state index contributed by atoms with van der Waals surface area (Å²) in [6, 6.07) is 13.5. The number of nitrogens with zero attached hydrogens (tertiary/aromatic N) is 1. The van der Waals surface area contributed by atoms with Gasteiger partial charge in [0.25, 0.3) is 0 Å². The van der Waals surface area contributed by atoms with Gasteiger partial charge in [0.1, 0.15) is 11.6 Å². The van der Waals surface area contributed by atoms with Gasteiger partial charge in [-0.25, -0.2) is 4.39 Å². The fraction of sp³-hybridized carbons (Fsp3) is 0.188. The zero-order chi connectivity index (χ0) is 13.8. The molecule has 2 rings (SSSR count). The molecule has 0 heterocycles. The van der Waals surface area contributed by atoms with E-state index >= 15 is 0 Å². The number of hydrogen-bond donors (Lipinski definition) is 0. The Morgan fingerprint density at radius 1 is 1.16 bits per heavy atom. The third-order valence-corrected chi connectivity index (χ3v) is 2.61. The van der Waals surface area contributed by atoms with Crippen molar-refractivity contribution in [3.05, 3.63) is 53.8 Å². The van der Waals surface area contributed by atoms with Crippen LogP contribution in [0, 0.1) is 17.1 Å². The lowest BCUT2D eigenvalue weighted by Crippen LogP contribution is -2.06. The Balaban J connectivity index is 2.55. The molecule has 0 fully saturated rings. The highest BCUT2D eigenvalue weighted by Gasteiger charge is 2.10. The molecule has 0 N–H and O–H groups in total. The molecule has 0 saturated heterocycles. The van der Waals surface area contributed by atoms with Crippen LogP contribution < -0.4 is 4.74 Å². The van der Waals surface area contributed by atoms with E-state index in [0.717, 1.165) is 5.56 Å². The second kappa shape index (κ2) is 5.53. The van der Waals surface area contributed by atoms with Gasteiger partial charge < -0.3 is 4.74 Å². The summed E-state index contributed by atoms with van der Waals surface area (Å²) in [5, 5.41) is 8.97. The van der Waals surface area contributed by atoms with Crippen LogP contribution in [0.5, 0.6) is 5.75 Å². The summed E-state index contributed by atoms with van der Waals surface area (Å²) in [6.45, 7) is 3.85. The molecule has 2 aromatic rings. The zero-order valence-electron chi connectivity index (χ0n) is 10.9. The fourth-order valence-corrected chi connectivity index (χ4v) is 1.84. The Labute approximate surface area is 112 Å². The van der Waals surface area contributed by atoms with E-state index in [9.17, 15) is 4.39 Å². The predicted molar refractivity (Wildman–Crippen MR) is 72.3 cm³/mol. The van der Waals surface area contributed by atoms with E-state index in [1.165, 1.54) is 12.1 Å². The number of halogens is 1. The minimum Gasteiger partial charge on any atom is -0.490 e. The van der Waals surface area contributed by atoms with Crippen molar-refractivity contribution in [1.29, 1.82) is 5.26 Å². The first kappa shape index (κ1) is 13.1. The first-order valence-electron chi connectivity index (χ1n) is 6.07. The van der Waals surface area contributed by atoms with E-state index in [4.69, 9.17) is 10.00 Å². The number of rotatable bonds is 3. The molecule has 0 spiro atoms. The third kappa shape index (κ3) is 3.11. The van der Waals surface area contributed by atoms with Crippen LogP contribution in [0.4, 0.5) is 4.39 Å². The average molecular weight is 255 g/mol. The molecule has 0 aliphatic rings. The van der Waals surface area contributed by atoms with Crippen molar-refractivity contribution in [3.63, 3.8) is 0 Å². The largest absolute Gasteiger partial charge is 0.490 e. The molecule has 0 saturated carbocycles. The molecule has 0 aliphatic heterocycles. The summed E-state index contributed by atoms with van der Waals surface area (Å²) in [5.41, 5.74) is 1.95. The van der Waals surface area contributed by atoms with Crippen molar-refractivity contribution >= 4 is 0 Å². The molecule has 0 aliphatic carbocycles. The lowest BCUT2D eigenvalue weighted by molar-refractivity contribution is 0.243. The SMILES string of the molecule is CC(C)Oc1ccc(C#N)cc1-c1cccc(F)c1. The molecular weight excluding hydrogens is 241 g/mol. The van der Waals surface area contributed by atoms with Crippen LogP contribution in [0.15, 0.2) is 42.5 Å². The van der Waals surface area contributed by atoms with Crippen molar-refractivity contribution in [2.45, 2.75) is 20.0 Å². The van der Waals surface area contributed by atoms with Crippen molar-refractivity contribution in [1.82, 2.24) is 0 Å². The number of nitriles is 1. The highest BCUT2D eigenvalue weighted by Crippen LogP contribution is 2.32. The van der Waals surface area contributed by atoms with Gasteiger partial charge in [0.05, 0.1) is 17.7 Å². The Bertz CT molecular complexity index is 629. The van der Waals surface area contributed by atoms with Crippen molar-refractivity contribution in [2.24, 2.45) is 0 Å². The Kier molecular flexibility index (Phi) is 3.82. The number of ether oxygens (including phenoxy) is 1. The second-order valence-corrected chi connectivity index (χ2v) is 4.50. The van der Waals surface area contributed by atoms with E-state index in [2.05, 4.69) is 6.07 Å². The van der Waals surface area contributed by atoms with Crippen LogP contribution in [-0.4, -0.2) is 6.10 Å². The van der Waals surface area contributed by atoms with Gasteiger partial charge >= 0.3 is 0 Å². The number of benzene rings is 2. The van der Waals surface area contributed by atoms with E-state index in [1.807, 2.05) is 13.8 Å². The molecule has 2 nitrogen and oxygen atoms in total. The maximum absolute atomic E-state index is 13.3. The molecule has 0 unspecified atom stereocenters. The summed E-state index contributed by atoms with van der Waals surface area (Å²) >= 11 is 0. The highest BCUT2D eigenvalue weighted by molar-refractivity contribution is 5.72. The van der Waals surface area contributed by atoms with Crippen LogP contribution in [0.3, 0.4) is 0 Å². The fourth-order valence-electron chi connectivity index (χ4n) is 1.84. The first-order valence-corrected chi connectivity index (χ1v) is 6.07. The smallest absolute Gasteiger partial charge is 0.127 e. The van der Waals surface area contributed by atoms with Gasteiger partial charge in [-0.15, -0.1) is 0 Å². The number of hydrogen-bond acceptors (Lipinski definition) is 2. The van der Waals surface area contributed by atoms with E-state index in [1.54, 1.807) is 30.3 Å².